The molecule has 0 radical (unpaired) electrons. The van der Waals surface area contributed by atoms with E-state index in [1.165, 1.54) is 33.7 Å². The highest BCUT2D eigenvalue weighted by Crippen LogP contribution is 2.26. The van der Waals surface area contributed by atoms with E-state index in [0.717, 1.165) is 24.3 Å². The van der Waals surface area contributed by atoms with Crippen LogP contribution in [0.4, 0.5) is 37.7 Å². The van der Waals surface area contributed by atoms with Crippen LogP contribution in [0.5, 0.6) is 0 Å². The lowest BCUT2D eigenvalue weighted by Crippen LogP contribution is -2.29. The first-order chi connectivity index (χ1) is 13.6. The molecule has 166 valence electrons. The van der Waals surface area contributed by atoms with Crippen molar-refractivity contribution in [3.05, 3.63) is 59.7 Å². The molecule has 0 aliphatic rings. The predicted molar refractivity (Wildman–Crippen MR) is 97.5 cm³/mol. The van der Waals surface area contributed by atoms with Crippen LogP contribution in [0.3, 0.4) is 0 Å². The minimum Gasteiger partial charge on any atom is -0.276 e. The number of alkyl halides is 6. The fourth-order valence-electron chi connectivity index (χ4n) is 2.19. The van der Waals surface area contributed by atoms with E-state index in [-0.39, 0.29) is 11.4 Å². The maximum atomic E-state index is 12.3. The van der Waals surface area contributed by atoms with Crippen molar-refractivity contribution < 1.29 is 43.2 Å². The Bertz CT molecular complexity index is 989. The zero-order valence-corrected chi connectivity index (χ0v) is 16.4. The average Bonchev–Trinajstić information content (AvgIpc) is 2.60. The molecule has 6 nitrogen and oxygen atoms in total. The summed E-state index contributed by atoms with van der Waals surface area (Å²) in [6.45, 7) is 0. The van der Waals surface area contributed by atoms with Gasteiger partial charge >= 0.3 is 31.1 Å². The zero-order valence-electron chi connectivity index (χ0n) is 14.8. The van der Waals surface area contributed by atoms with Gasteiger partial charge in [0.2, 0.25) is 0 Å². The van der Waals surface area contributed by atoms with E-state index in [1.807, 2.05) is 0 Å². The molecule has 30 heavy (non-hydrogen) atoms. The largest absolute Gasteiger partial charge is 0.516 e. The van der Waals surface area contributed by atoms with Crippen molar-refractivity contribution in [2.24, 2.45) is 0 Å². The fourth-order valence-corrected chi connectivity index (χ4v) is 3.32. The molecular weight excluding hydrogens is 462 g/mol. The number of halogens is 6. The third-order valence-electron chi connectivity index (χ3n) is 3.72. The summed E-state index contributed by atoms with van der Waals surface area (Å²) in [6, 6.07) is 10.3. The van der Waals surface area contributed by atoms with Crippen LogP contribution >= 0.6 is 0 Å². The Hall–Kier alpha value is -2.48. The lowest BCUT2D eigenvalue weighted by Gasteiger charge is -2.11. The zero-order chi connectivity index (χ0) is 22.8. The number of hydrogen-bond acceptors (Lipinski definition) is 4. The molecule has 0 bridgehead atoms. The van der Waals surface area contributed by atoms with Crippen molar-refractivity contribution in [3.63, 3.8) is 0 Å². The molecule has 0 aliphatic carbocycles. The molecule has 2 aromatic carbocycles. The topological polar surface area (TPSA) is 92.3 Å². The number of aryl methyl sites for hydroxylation is 2. The second kappa shape index (κ2) is 8.34. The number of anilines is 2. The highest BCUT2D eigenvalue weighted by molar-refractivity contribution is 7.93. The van der Waals surface area contributed by atoms with Gasteiger partial charge < -0.3 is 0 Å². The van der Waals surface area contributed by atoms with Crippen LogP contribution in [0.1, 0.15) is 11.1 Å². The van der Waals surface area contributed by atoms with Crippen LogP contribution in [-0.4, -0.2) is 27.9 Å². The highest BCUT2D eigenvalue weighted by atomic mass is 32.2. The van der Waals surface area contributed by atoms with Crippen LogP contribution in [0.2, 0.25) is 0 Å². The summed E-state index contributed by atoms with van der Waals surface area (Å²) < 4.78 is 121. The molecule has 0 fully saturated rings. The molecule has 0 unspecified atom stereocenters. The van der Waals surface area contributed by atoms with E-state index < -0.39 is 31.1 Å². The van der Waals surface area contributed by atoms with Crippen LogP contribution in [-0.2, 0) is 32.9 Å². The van der Waals surface area contributed by atoms with E-state index in [0.29, 0.717) is 24.0 Å². The Morgan fingerprint density at radius 2 is 0.833 bits per heavy atom. The fraction of sp³-hybridized carbons (Fsp3) is 0.250. The number of sulfonamides is 2. The molecule has 14 heteroatoms. The van der Waals surface area contributed by atoms with Crippen LogP contribution in [0.25, 0.3) is 0 Å². The van der Waals surface area contributed by atoms with Crippen molar-refractivity contribution in [2.45, 2.75) is 23.9 Å². The van der Waals surface area contributed by atoms with Gasteiger partial charge in [-0.3, -0.25) is 9.44 Å². The van der Waals surface area contributed by atoms with E-state index in [2.05, 4.69) is 0 Å². The van der Waals surface area contributed by atoms with Gasteiger partial charge in [0.15, 0.2) is 0 Å². The predicted octanol–water partition coefficient (Wildman–Crippen LogP) is 3.99. The molecule has 0 heterocycles. The second-order valence-electron chi connectivity index (χ2n) is 6.00. The van der Waals surface area contributed by atoms with E-state index in [9.17, 15) is 43.2 Å². The molecule has 0 saturated carbocycles. The van der Waals surface area contributed by atoms with Gasteiger partial charge in [0.05, 0.1) is 0 Å². The van der Waals surface area contributed by atoms with E-state index in [4.69, 9.17) is 0 Å². The Morgan fingerprint density at radius 3 is 1.07 bits per heavy atom. The van der Waals surface area contributed by atoms with Crippen molar-refractivity contribution in [1.29, 1.82) is 0 Å². The minimum absolute atomic E-state index is 0.266. The van der Waals surface area contributed by atoms with Gasteiger partial charge in [0, 0.05) is 11.4 Å². The first kappa shape index (κ1) is 23.8. The summed E-state index contributed by atoms with van der Waals surface area (Å²) in [5, 5.41) is 0. The Morgan fingerprint density at radius 1 is 0.567 bits per heavy atom. The lowest BCUT2D eigenvalue weighted by molar-refractivity contribution is -0.0435. The number of benzene rings is 2. The Kier molecular flexibility index (Phi) is 6.61. The summed E-state index contributed by atoms with van der Waals surface area (Å²) in [6.07, 6.45) is 0.778. The monoisotopic (exact) mass is 476 g/mol. The molecule has 0 aromatic heterocycles. The Balaban J connectivity index is 1.96. The van der Waals surface area contributed by atoms with Crippen molar-refractivity contribution >= 4 is 31.4 Å². The maximum Gasteiger partial charge on any atom is 0.516 e. The minimum atomic E-state index is -5.51. The first-order valence-electron chi connectivity index (χ1n) is 7.97. The SMILES string of the molecule is O=S(=O)(Nc1ccc(CCc2ccc(NS(=O)(=O)C(F)(F)F)cc2)cc1)C(F)(F)F. The Labute approximate surface area is 168 Å². The van der Waals surface area contributed by atoms with E-state index in [1.54, 1.807) is 0 Å². The first-order valence-corrected chi connectivity index (χ1v) is 10.9. The van der Waals surface area contributed by atoms with Crippen molar-refractivity contribution in [1.82, 2.24) is 0 Å². The van der Waals surface area contributed by atoms with Crippen molar-refractivity contribution in [2.75, 3.05) is 9.44 Å². The van der Waals surface area contributed by atoms with Gasteiger partial charge in [0.25, 0.3) is 0 Å². The molecular formula is C16H14F6N2O4S2. The van der Waals surface area contributed by atoms with Crippen molar-refractivity contribution in [3.8, 4) is 0 Å². The molecule has 0 aliphatic heterocycles. The average molecular weight is 476 g/mol. The second-order valence-corrected chi connectivity index (χ2v) is 9.34. The van der Waals surface area contributed by atoms with Gasteiger partial charge in [-0.15, -0.1) is 0 Å². The quantitative estimate of drug-likeness (QED) is 0.591. The molecule has 0 atom stereocenters. The molecule has 2 aromatic rings. The normalized spacial score (nSPS) is 13.1. The van der Waals surface area contributed by atoms with Crippen LogP contribution in [0, 0.1) is 0 Å². The number of nitrogens with one attached hydrogen (secondary N) is 2. The van der Waals surface area contributed by atoms with Gasteiger partial charge in [-0.25, -0.2) is 0 Å². The van der Waals surface area contributed by atoms with Gasteiger partial charge in [-0.2, -0.15) is 43.2 Å². The lowest BCUT2D eigenvalue weighted by atomic mass is 10.0. The third-order valence-corrected chi connectivity index (χ3v) is 5.95. The van der Waals surface area contributed by atoms with Gasteiger partial charge in [-0.05, 0) is 48.2 Å². The third kappa shape index (κ3) is 6.01. The van der Waals surface area contributed by atoms with E-state index >= 15 is 0 Å². The van der Waals surface area contributed by atoms with Crippen LogP contribution in [0.15, 0.2) is 48.5 Å². The summed E-state index contributed by atoms with van der Waals surface area (Å²) in [5.41, 5.74) is -10.1. The highest BCUT2D eigenvalue weighted by Gasteiger charge is 2.46. The summed E-state index contributed by atoms with van der Waals surface area (Å²) in [5.74, 6) is 0. The van der Waals surface area contributed by atoms with Gasteiger partial charge in [-0.1, -0.05) is 24.3 Å². The number of hydrogen-bond donors (Lipinski definition) is 2. The van der Waals surface area contributed by atoms with Crippen LogP contribution < -0.4 is 9.44 Å². The molecule has 2 N–H and O–H groups in total. The summed E-state index contributed by atoms with van der Waals surface area (Å²) >= 11 is 0. The standard InChI is InChI=1S/C16H14F6N2O4S2/c17-15(18,19)29(25,26)23-13-7-3-11(4-8-13)1-2-12-5-9-14(10-6-12)24-30(27,28)16(20,21)22/h3-10,23-24H,1-2H2. The summed E-state index contributed by atoms with van der Waals surface area (Å²) in [4.78, 5) is 0. The number of rotatable bonds is 7. The summed E-state index contributed by atoms with van der Waals surface area (Å²) in [7, 11) is -11.0. The molecule has 0 spiro atoms. The molecule has 0 saturated heterocycles. The smallest absolute Gasteiger partial charge is 0.276 e. The maximum absolute atomic E-state index is 12.3. The molecule has 0 amide bonds. The molecule has 2 rings (SSSR count). The van der Waals surface area contributed by atoms with Gasteiger partial charge in [0.1, 0.15) is 0 Å².